The Hall–Kier alpha value is -2.20. The summed E-state index contributed by atoms with van der Waals surface area (Å²) < 4.78 is 11.0. The fraction of sp³-hybridized carbons (Fsp3) is 0.758. The van der Waals surface area contributed by atoms with Gasteiger partial charge in [-0.1, -0.05) is 78.5 Å². The molecule has 1 saturated carbocycles. The molecule has 15 atom stereocenters. The van der Waals surface area contributed by atoms with Crippen LogP contribution >= 0.6 is 0 Å². The first kappa shape index (κ1) is 36.0. The second-order valence-electron chi connectivity index (χ2n) is 13.4. The highest BCUT2D eigenvalue weighted by molar-refractivity contribution is 5.73. The average molecular weight is 594 g/mol. The van der Waals surface area contributed by atoms with Crippen molar-refractivity contribution in [3.63, 3.8) is 0 Å². The highest BCUT2D eigenvalue weighted by Crippen LogP contribution is 2.49. The van der Waals surface area contributed by atoms with E-state index < -0.39 is 60.0 Å². The van der Waals surface area contributed by atoms with Gasteiger partial charge in [-0.25, -0.2) is 4.79 Å². The van der Waals surface area contributed by atoms with Gasteiger partial charge in [0.25, 0.3) is 0 Å². The number of nitrogens with two attached hydrogens (primary N) is 1. The van der Waals surface area contributed by atoms with E-state index in [0.29, 0.717) is 6.42 Å². The molecule has 2 rings (SSSR count). The molecule has 1 amide bonds. The predicted molar refractivity (Wildman–Crippen MR) is 162 cm³/mol. The number of ether oxygens (including phenoxy) is 2. The van der Waals surface area contributed by atoms with Crippen LogP contribution in [0, 0.1) is 53.3 Å². The van der Waals surface area contributed by atoms with Gasteiger partial charge in [-0.3, -0.25) is 4.79 Å². The van der Waals surface area contributed by atoms with Crippen LogP contribution in [0.2, 0.25) is 0 Å². The van der Waals surface area contributed by atoms with E-state index in [4.69, 9.17) is 15.2 Å². The van der Waals surface area contributed by atoms with Crippen molar-refractivity contribution in [2.45, 2.75) is 104 Å². The van der Waals surface area contributed by atoms with Crippen molar-refractivity contribution in [3.05, 3.63) is 37.0 Å². The minimum Gasteiger partial charge on any atom is -0.461 e. The molecule has 0 unspecified atom stereocenters. The first-order valence-corrected chi connectivity index (χ1v) is 15.3. The molecule has 42 heavy (non-hydrogen) atoms. The van der Waals surface area contributed by atoms with Crippen LogP contribution in [0.3, 0.4) is 0 Å². The maximum Gasteiger partial charge on any atom is 0.404 e. The Labute approximate surface area is 251 Å². The molecule has 2 fully saturated rings. The molecule has 240 valence electrons. The van der Waals surface area contributed by atoms with Crippen LogP contribution in [-0.2, 0) is 14.3 Å². The smallest absolute Gasteiger partial charge is 0.404 e. The SMILES string of the molecule is C=C/C=C\[C@H](C)[C@H](OC(N)=O)[C@@H](C)[C@H](O)[C@@H](C)C[C@](C)(O)[C@H]1[C@H](C)[C@@H](O)[C@@H](C)[C@@H]1/C=C/C[C@@H]1OC(=O)[C@H](C)[C@@H](O)[C@H]1C. The molecule has 9 nitrogen and oxygen atoms in total. The third-order valence-corrected chi connectivity index (χ3v) is 10.1. The van der Waals surface area contributed by atoms with Crippen LogP contribution in [0.1, 0.15) is 68.2 Å². The van der Waals surface area contributed by atoms with Gasteiger partial charge in [0.05, 0.1) is 29.8 Å². The minimum atomic E-state index is -1.25. The first-order chi connectivity index (χ1) is 19.5. The highest BCUT2D eigenvalue weighted by atomic mass is 16.6. The quantitative estimate of drug-likeness (QED) is 0.122. The number of esters is 1. The standard InChI is InChI=1S/C33H55NO8/c1-10-11-13-17(2)30(42-32(34)39)22(7)27(35)18(3)16-33(9,40)26-21(6)28(36)19(4)24(26)14-12-15-25-20(5)29(37)23(8)31(38)41-25/h10-14,17-30,35-37,40H,1,15-16H2,2-9H3,(H2,34,39)/b13-11-,14-12+/t17-,18-,19-,20-,21-,22-,23+,24-,25-,26-,27+,28-,29-,30-,33-/m0/s1. The van der Waals surface area contributed by atoms with Crippen LogP contribution in [0.15, 0.2) is 37.0 Å². The molecule has 6 N–H and O–H groups in total. The van der Waals surface area contributed by atoms with Gasteiger partial charge in [0.1, 0.15) is 12.2 Å². The number of allylic oxidation sites excluding steroid dienone is 3. The van der Waals surface area contributed by atoms with E-state index in [0.717, 1.165) is 0 Å². The second kappa shape index (κ2) is 15.0. The lowest BCUT2D eigenvalue weighted by molar-refractivity contribution is -0.176. The summed E-state index contributed by atoms with van der Waals surface area (Å²) in [6.45, 7) is 18.4. The summed E-state index contributed by atoms with van der Waals surface area (Å²) >= 11 is 0. The molecule has 0 aromatic carbocycles. The first-order valence-electron chi connectivity index (χ1n) is 15.3. The van der Waals surface area contributed by atoms with Crippen molar-refractivity contribution in [2.24, 2.45) is 59.0 Å². The van der Waals surface area contributed by atoms with E-state index in [1.54, 1.807) is 32.9 Å². The number of hydrogen-bond donors (Lipinski definition) is 5. The molecule has 1 saturated heterocycles. The van der Waals surface area contributed by atoms with Crippen molar-refractivity contribution < 1.29 is 39.5 Å². The van der Waals surface area contributed by atoms with Gasteiger partial charge >= 0.3 is 12.1 Å². The number of rotatable bonds is 13. The lowest BCUT2D eigenvalue weighted by Crippen LogP contribution is -2.46. The molecule has 2 aliphatic rings. The summed E-state index contributed by atoms with van der Waals surface area (Å²) in [6.07, 6.45) is 5.44. The zero-order valence-electron chi connectivity index (χ0n) is 26.6. The molecule has 0 aromatic heterocycles. The molecule has 0 bridgehead atoms. The molecule has 0 radical (unpaired) electrons. The van der Waals surface area contributed by atoms with Gasteiger partial charge in [0.15, 0.2) is 0 Å². The largest absolute Gasteiger partial charge is 0.461 e. The number of carbonyl (C=O) groups excluding carboxylic acids is 2. The Morgan fingerprint density at radius 3 is 2.31 bits per heavy atom. The van der Waals surface area contributed by atoms with E-state index >= 15 is 0 Å². The molecule has 1 aliphatic heterocycles. The zero-order chi connectivity index (χ0) is 32.1. The maximum absolute atomic E-state index is 12.2. The number of aliphatic hydroxyl groups is 4. The van der Waals surface area contributed by atoms with E-state index in [9.17, 15) is 30.0 Å². The van der Waals surface area contributed by atoms with Gasteiger partial charge in [0.2, 0.25) is 0 Å². The number of amides is 1. The molecule has 1 heterocycles. The van der Waals surface area contributed by atoms with Gasteiger partial charge in [-0.2, -0.15) is 0 Å². The van der Waals surface area contributed by atoms with Crippen LogP contribution in [0.25, 0.3) is 0 Å². The maximum atomic E-state index is 12.2. The van der Waals surface area contributed by atoms with Crippen LogP contribution in [-0.4, -0.2) is 68.6 Å². The van der Waals surface area contributed by atoms with Gasteiger partial charge in [-0.05, 0) is 49.9 Å². The molecule has 0 aromatic rings. The summed E-state index contributed by atoms with van der Waals surface area (Å²) in [7, 11) is 0. The van der Waals surface area contributed by atoms with Crippen LogP contribution in [0.4, 0.5) is 4.79 Å². The lowest BCUT2D eigenvalue weighted by atomic mass is 9.70. The third kappa shape index (κ3) is 8.24. The normalized spacial score (nSPS) is 37.0. The Bertz CT molecular complexity index is 979. The minimum absolute atomic E-state index is 0.130. The van der Waals surface area contributed by atoms with Crippen molar-refractivity contribution in [2.75, 3.05) is 0 Å². The van der Waals surface area contributed by atoms with E-state index in [1.807, 2.05) is 52.8 Å². The molecular formula is C33H55NO8. The zero-order valence-corrected chi connectivity index (χ0v) is 26.6. The number of aliphatic hydroxyl groups excluding tert-OH is 3. The summed E-state index contributed by atoms with van der Waals surface area (Å²) in [6, 6.07) is 0. The third-order valence-electron chi connectivity index (χ3n) is 10.1. The number of hydrogen-bond acceptors (Lipinski definition) is 8. The highest BCUT2D eigenvalue weighted by Gasteiger charge is 2.52. The van der Waals surface area contributed by atoms with Crippen LogP contribution < -0.4 is 5.73 Å². The van der Waals surface area contributed by atoms with Gasteiger partial charge in [-0.15, -0.1) is 0 Å². The fourth-order valence-corrected chi connectivity index (χ4v) is 7.50. The van der Waals surface area contributed by atoms with E-state index in [2.05, 4.69) is 6.58 Å². The molecule has 1 aliphatic carbocycles. The topological polar surface area (TPSA) is 160 Å². The summed E-state index contributed by atoms with van der Waals surface area (Å²) in [4.78, 5) is 23.8. The number of carbonyl (C=O) groups is 2. The van der Waals surface area contributed by atoms with Gasteiger partial charge in [0, 0.05) is 24.2 Å². The van der Waals surface area contributed by atoms with Crippen molar-refractivity contribution >= 4 is 12.1 Å². The van der Waals surface area contributed by atoms with Gasteiger partial charge < -0.3 is 35.6 Å². The van der Waals surface area contributed by atoms with Crippen molar-refractivity contribution in [1.82, 2.24) is 0 Å². The molecule has 0 spiro atoms. The lowest BCUT2D eigenvalue weighted by Gasteiger charge is -2.41. The Morgan fingerprint density at radius 2 is 1.74 bits per heavy atom. The summed E-state index contributed by atoms with van der Waals surface area (Å²) in [5, 5.41) is 44.7. The molecule has 9 heteroatoms. The summed E-state index contributed by atoms with van der Waals surface area (Å²) in [5.41, 5.74) is 4.09. The number of primary amides is 1. The number of cyclic esters (lactones) is 1. The van der Waals surface area contributed by atoms with Crippen molar-refractivity contribution in [1.29, 1.82) is 0 Å². The Morgan fingerprint density at radius 1 is 1.12 bits per heavy atom. The fourth-order valence-electron chi connectivity index (χ4n) is 7.50. The average Bonchev–Trinajstić information content (AvgIpc) is 3.14. The molecular weight excluding hydrogens is 538 g/mol. The summed E-state index contributed by atoms with van der Waals surface area (Å²) in [5.74, 6) is -3.09. The monoisotopic (exact) mass is 593 g/mol. The predicted octanol–water partition coefficient (Wildman–Crippen LogP) is 3.99. The Kier molecular flexibility index (Phi) is 12.9. The van der Waals surface area contributed by atoms with E-state index in [-0.39, 0.29) is 47.8 Å². The van der Waals surface area contributed by atoms with Crippen molar-refractivity contribution in [3.8, 4) is 0 Å². The second-order valence-corrected chi connectivity index (χ2v) is 13.4. The van der Waals surface area contributed by atoms with Crippen LogP contribution in [0.5, 0.6) is 0 Å². The Balaban J connectivity index is 2.21. The van der Waals surface area contributed by atoms with E-state index in [1.165, 1.54) is 0 Å².